The van der Waals surface area contributed by atoms with E-state index in [-0.39, 0.29) is 0 Å². The Hall–Kier alpha value is -3.60. The van der Waals surface area contributed by atoms with Crippen molar-refractivity contribution < 1.29 is 0 Å². The highest BCUT2D eigenvalue weighted by atomic mass is 30.6. The van der Waals surface area contributed by atoms with Crippen LogP contribution >= 0.6 is 0 Å². The Bertz CT molecular complexity index is 2150. The van der Waals surface area contributed by atoms with Crippen molar-refractivity contribution in [2.24, 2.45) is 0 Å². The molecule has 0 saturated carbocycles. The second-order valence-corrected chi connectivity index (χ2v) is 64.6. The molecule has 59 heavy (non-hydrogen) atoms. The molecule has 0 aromatic heterocycles. The number of rotatable bonds is 6. The van der Waals surface area contributed by atoms with E-state index in [4.69, 9.17) is 0 Å². The summed E-state index contributed by atoms with van der Waals surface area (Å²) in [6.07, 6.45) is 0. The molecule has 2 bridgehead atoms. The summed E-state index contributed by atoms with van der Waals surface area (Å²) in [4.78, 5) is 0. The van der Waals surface area contributed by atoms with Crippen LogP contribution < -0.4 is 31.1 Å². The molecule has 9 rings (SSSR count). The van der Waals surface area contributed by atoms with Gasteiger partial charge in [-0.15, -0.1) is 0 Å². The molecular weight excluding hydrogens is 789 g/mol. The zero-order valence-corrected chi connectivity index (χ0v) is 44.4. The number of benzene rings is 6. The molecule has 0 aliphatic carbocycles. The first-order chi connectivity index (χ1) is 27.7. The molecule has 3 aliphatic rings. The van der Waals surface area contributed by atoms with Gasteiger partial charge >= 0.3 is 0 Å². The highest BCUT2D eigenvalue weighted by Crippen LogP contribution is 2.57. The van der Waals surface area contributed by atoms with Crippen LogP contribution in [0.3, 0.4) is 0 Å². The third-order valence-corrected chi connectivity index (χ3v) is 132. The van der Waals surface area contributed by atoms with Crippen LogP contribution in [0, 0.1) is 125 Å². The van der Waals surface area contributed by atoms with E-state index in [2.05, 4.69) is 197 Å². The van der Waals surface area contributed by atoms with E-state index < -0.39 is 36.0 Å². The van der Waals surface area contributed by atoms with Gasteiger partial charge in [0, 0.05) is 0 Å². The molecule has 6 aromatic rings. The van der Waals surface area contributed by atoms with Crippen LogP contribution in [0.5, 0.6) is 0 Å². The maximum atomic E-state index is 2.58. The van der Waals surface area contributed by atoms with Crippen molar-refractivity contribution in [3.63, 3.8) is 0 Å². The molecule has 0 amide bonds. The minimum atomic E-state index is -2.44. The van der Waals surface area contributed by atoms with Crippen LogP contribution in [0.25, 0.3) is 0 Å². The molecule has 0 nitrogen and oxygen atoms in total. The normalized spacial score (nSPS) is 16.6. The van der Waals surface area contributed by atoms with E-state index in [1.54, 1.807) is 66.8 Å². The third kappa shape index (κ3) is 5.53. The van der Waals surface area contributed by atoms with Gasteiger partial charge in [-0.2, -0.15) is 0 Å². The van der Waals surface area contributed by atoms with Crippen LogP contribution in [0.2, 0.25) is 0 Å². The monoisotopic (exact) mass is 854 g/mol. The van der Waals surface area contributed by atoms with Gasteiger partial charge in [0.15, 0.2) is 0 Å². The zero-order valence-electron chi connectivity index (χ0n) is 39.4. The van der Waals surface area contributed by atoms with E-state index in [0.717, 1.165) is 0 Å². The molecule has 302 valence electrons. The van der Waals surface area contributed by atoms with Gasteiger partial charge in [-0.1, -0.05) is 204 Å². The second kappa shape index (κ2) is 14.2. The summed E-state index contributed by atoms with van der Waals surface area (Å²) in [6, 6.07) is 31.0. The lowest BCUT2D eigenvalue weighted by molar-refractivity contribution is 1.33. The Kier molecular flexibility index (Phi) is 10.2. The molecule has 0 unspecified atom stereocenters. The maximum Gasteiger partial charge on any atom is 0.0932 e. The lowest BCUT2D eigenvalue weighted by atomic mass is 10.1. The first-order valence-corrected chi connectivity index (χ1v) is 36.9. The molecule has 0 N–H and O–H groups in total. The Morgan fingerprint density at radius 3 is 0.407 bits per heavy atom. The third-order valence-electron chi connectivity index (χ3n) is 14.6. The van der Waals surface area contributed by atoms with E-state index >= 15 is 0 Å². The van der Waals surface area contributed by atoms with Gasteiger partial charge in [-0.05, 0) is 125 Å². The topological polar surface area (TPSA) is 0 Å². The first kappa shape index (κ1) is 42.1. The van der Waals surface area contributed by atoms with E-state index in [9.17, 15) is 0 Å². The van der Waals surface area contributed by atoms with Crippen LogP contribution in [0.1, 0.15) is 100 Å². The lowest BCUT2D eigenvalue weighted by Gasteiger charge is -2.87. The summed E-state index contributed by atoms with van der Waals surface area (Å²) in [5.41, 5.74) is 27.4. The van der Waals surface area contributed by atoms with Crippen molar-refractivity contribution in [3.8, 4) is 0 Å². The fourth-order valence-electron chi connectivity index (χ4n) is 14.4. The molecule has 0 spiro atoms. The quantitative estimate of drug-likeness (QED) is 0.147. The number of aryl methyl sites for hydroxylation is 18. The Balaban J connectivity index is 1.72. The standard InChI is InChI=1S/C54H66Si5/c1-31-19-37(7)49(38(8)20-31)57(50-39(9)21-32(2)22-40(50)10)55-58(51-41(11)23-33(3)24-42(51)12,52-43(13)25-34(4)26-44(52)14)56(57)59(55,53-45(15)27-35(5)28-46(53)16)54-47(17)29-36(6)30-48(54)18/h19-30H,1-18H3. The average molecular weight is 856 g/mol. The Labute approximate surface area is 362 Å². The highest BCUT2D eigenvalue weighted by Gasteiger charge is 2.98. The van der Waals surface area contributed by atoms with E-state index in [1.807, 2.05) is 31.1 Å². The predicted octanol–water partition coefficient (Wildman–Crippen LogP) is 8.81. The Morgan fingerprint density at radius 2 is 0.305 bits per heavy atom. The summed E-state index contributed by atoms with van der Waals surface area (Å²) in [7, 11) is -9.79. The van der Waals surface area contributed by atoms with Crippen LogP contribution in [-0.4, -0.2) is 36.0 Å². The van der Waals surface area contributed by atoms with Crippen molar-refractivity contribution in [2.45, 2.75) is 125 Å². The molecule has 3 aliphatic heterocycles. The molecule has 0 atom stereocenters. The van der Waals surface area contributed by atoms with Crippen LogP contribution in [0.15, 0.2) is 72.8 Å². The SMILES string of the molecule is Cc1cc(C)c([Si]2(c3c(C)cc(C)cc3C)[Si]3[Si](c4c(C)cc(C)cc4C)(c4c(C)cc(C)cc4C)[Si]2[Si]3(c2c(C)cc(C)cc2C)c2c(C)cc(C)cc2C)c(C)c1. The second-order valence-electron chi connectivity index (χ2n) is 19.6. The minimum Gasteiger partial charge on any atom is -0.0565 e. The largest absolute Gasteiger partial charge is 0.0932 e. The fraction of sp³-hybridized carbons (Fsp3) is 0.333. The summed E-state index contributed by atoms with van der Waals surface area (Å²) in [6.45, 7) is 44.2. The van der Waals surface area contributed by atoms with E-state index in [1.165, 1.54) is 33.4 Å². The summed E-state index contributed by atoms with van der Waals surface area (Å²) >= 11 is 0. The van der Waals surface area contributed by atoms with Gasteiger partial charge in [0.25, 0.3) is 0 Å². The smallest absolute Gasteiger partial charge is 0.0565 e. The van der Waals surface area contributed by atoms with Crippen LogP contribution in [0.4, 0.5) is 0 Å². The highest BCUT2D eigenvalue weighted by molar-refractivity contribution is 8.46. The van der Waals surface area contributed by atoms with Gasteiger partial charge in [-0.3, -0.25) is 0 Å². The fourth-order valence-corrected chi connectivity index (χ4v) is 216. The zero-order chi connectivity index (χ0) is 43.0. The summed E-state index contributed by atoms with van der Waals surface area (Å²) in [5.74, 6) is 0. The molecule has 3 fully saturated rings. The van der Waals surface area contributed by atoms with Gasteiger partial charge in [0.05, 0.1) is 36.0 Å². The minimum absolute atomic E-state index is 1.24. The maximum absolute atomic E-state index is 2.58. The van der Waals surface area contributed by atoms with Gasteiger partial charge in [-0.25, -0.2) is 0 Å². The molecule has 6 aromatic carbocycles. The summed E-state index contributed by atoms with van der Waals surface area (Å²) < 4.78 is 0. The molecule has 5 heteroatoms. The first-order valence-electron chi connectivity index (χ1n) is 21.9. The molecular formula is C54H66Si5. The van der Waals surface area contributed by atoms with Gasteiger partial charge in [0.1, 0.15) is 0 Å². The molecule has 2 radical (unpaired) electrons. The number of hydrogen-bond acceptors (Lipinski definition) is 0. The van der Waals surface area contributed by atoms with E-state index in [0.29, 0.717) is 0 Å². The van der Waals surface area contributed by atoms with Crippen molar-refractivity contribution in [1.82, 2.24) is 0 Å². The van der Waals surface area contributed by atoms with Crippen molar-refractivity contribution in [2.75, 3.05) is 0 Å². The average Bonchev–Trinajstić information content (AvgIpc) is 3.04. The predicted molar refractivity (Wildman–Crippen MR) is 270 cm³/mol. The number of hydrogen-bond donors (Lipinski definition) is 0. The lowest BCUT2D eigenvalue weighted by Crippen LogP contribution is -3.30. The van der Waals surface area contributed by atoms with Crippen molar-refractivity contribution in [1.29, 1.82) is 0 Å². The molecule has 3 saturated heterocycles. The van der Waals surface area contributed by atoms with Crippen molar-refractivity contribution in [3.05, 3.63) is 173 Å². The van der Waals surface area contributed by atoms with Gasteiger partial charge < -0.3 is 0 Å². The van der Waals surface area contributed by atoms with Crippen LogP contribution in [-0.2, 0) is 0 Å². The Morgan fingerprint density at radius 1 is 0.203 bits per heavy atom. The molecule has 3 heterocycles. The van der Waals surface area contributed by atoms with Crippen molar-refractivity contribution >= 4 is 67.1 Å². The summed E-state index contributed by atoms with van der Waals surface area (Å²) in [5, 5.41) is 11.1. The van der Waals surface area contributed by atoms with Gasteiger partial charge in [0.2, 0.25) is 0 Å².